The van der Waals surface area contributed by atoms with Crippen LogP contribution in [0.2, 0.25) is 0 Å². The highest BCUT2D eigenvalue weighted by Crippen LogP contribution is 1.77. The summed E-state index contributed by atoms with van der Waals surface area (Å²) in [6.45, 7) is 1.39. The van der Waals surface area contributed by atoms with E-state index in [0.717, 1.165) is 6.54 Å². The van der Waals surface area contributed by atoms with E-state index in [1.165, 1.54) is 0 Å². The zero-order valence-corrected chi connectivity index (χ0v) is 8.84. The Bertz CT molecular complexity index is 198. The maximum atomic E-state index is 11.1. The topological polar surface area (TPSA) is 105 Å². The highest BCUT2D eigenvalue weighted by Gasteiger charge is 2.02. The van der Waals surface area contributed by atoms with Crippen LogP contribution in [0.1, 0.15) is 6.42 Å². The second-order valence-electron chi connectivity index (χ2n) is 2.86. The van der Waals surface area contributed by atoms with Gasteiger partial charge in [-0.15, -0.1) is 0 Å². The van der Waals surface area contributed by atoms with Crippen LogP contribution < -0.4 is 21.8 Å². The zero-order valence-electron chi connectivity index (χ0n) is 8.84. The molecule has 15 heavy (non-hydrogen) atoms. The molecule has 0 unspecified atom stereocenters. The maximum absolute atomic E-state index is 11.1. The Kier molecular flexibility index (Phi) is 8.64. The predicted molar refractivity (Wildman–Crippen MR) is 54.7 cm³/mol. The van der Waals surface area contributed by atoms with Crippen molar-refractivity contribution in [3.8, 4) is 0 Å². The Morgan fingerprint density at radius 2 is 1.80 bits per heavy atom. The normalized spacial score (nSPS) is 9.73. The van der Waals surface area contributed by atoms with Gasteiger partial charge in [-0.25, -0.2) is 5.90 Å². The first kappa shape index (κ1) is 13.8. The average molecular weight is 218 g/mol. The predicted octanol–water partition coefficient (Wildman–Crippen LogP) is -2.28. The molecule has 2 amide bonds. The standard InChI is InChI=1S/C8H18N4O3/c1-10-4-5-12-7(13)2-3-11-8(14)6-15-9/h10H,2-6,9H2,1H3,(H,11,14)(H,12,13). The van der Waals surface area contributed by atoms with Crippen molar-refractivity contribution in [2.45, 2.75) is 6.42 Å². The van der Waals surface area contributed by atoms with Crippen LogP contribution in [0.4, 0.5) is 0 Å². The number of likely N-dealkylation sites (N-methyl/N-ethyl adjacent to an activating group) is 1. The molecule has 0 heterocycles. The van der Waals surface area contributed by atoms with Gasteiger partial charge in [0.25, 0.3) is 0 Å². The smallest absolute Gasteiger partial charge is 0.248 e. The monoisotopic (exact) mass is 218 g/mol. The van der Waals surface area contributed by atoms with Crippen LogP contribution in [0.3, 0.4) is 0 Å². The molecule has 88 valence electrons. The summed E-state index contributed by atoms with van der Waals surface area (Å²) in [5.41, 5.74) is 0. The number of hydrogen-bond donors (Lipinski definition) is 4. The van der Waals surface area contributed by atoms with Gasteiger partial charge in [-0.1, -0.05) is 0 Å². The lowest BCUT2D eigenvalue weighted by atomic mass is 10.4. The first-order valence-electron chi connectivity index (χ1n) is 4.70. The lowest BCUT2D eigenvalue weighted by molar-refractivity contribution is -0.126. The molecule has 0 atom stereocenters. The van der Waals surface area contributed by atoms with E-state index in [2.05, 4.69) is 20.8 Å². The van der Waals surface area contributed by atoms with Crippen molar-refractivity contribution in [2.24, 2.45) is 5.90 Å². The minimum atomic E-state index is -0.333. The van der Waals surface area contributed by atoms with Crippen molar-refractivity contribution in [3.05, 3.63) is 0 Å². The molecule has 5 N–H and O–H groups in total. The van der Waals surface area contributed by atoms with Gasteiger partial charge in [0.2, 0.25) is 11.8 Å². The molecule has 7 heteroatoms. The molecule has 0 aliphatic heterocycles. The van der Waals surface area contributed by atoms with Gasteiger partial charge in [-0.05, 0) is 7.05 Å². The van der Waals surface area contributed by atoms with Gasteiger partial charge in [0.15, 0.2) is 0 Å². The average Bonchev–Trinajstić information content (AvgIpc) is 2.18. The van der Waals surface area contributed by atoms with Crippen molar-refractivity contribution in [3.63, 3.8) is 0 Å². The van der Waals surface area contributed by atoms with Crippen molar-refractivity contribution in [1.29, 1.82) is 0 Å². The van der Waals surface area contributed by atoms with E-state index in [9.17, 15) is 9.59 Å². The highest BCUT2D eigenvalue weighted by atomic mass is 16.6. The van der Waals surface area contributed by atoms with E-state index in [1.807, 2.05) is 0 Å². The van der Waals surface area contributed by atoms with Gasteiger partial charge in [0, 0.05) is 26.1 Å². The van der Waals surface area contributed by atoms with Crippen LogP contribution in [-0.2, 0) is 14.4 Å². The van der Waals surface area contributed by atoms with Crippen LogP contribution in [0.25, 0.3) is 0 Å². The van der Waals surface area contributed by atoms with Crippen molar-refractivity contribution in [2.75, 3.05) is 33.3 Å². The fourth-order valence-corrected chi connectivity index (χ4v) is 0.857. The van der Waals surface area contributed by atoms with Crippen LogP contribution in [-0.4, -0.2) is 45.1 Å². The minimum absolute atomic E-state index is 0.0979. The van der Waals surface area contributed by atoms with E-state index in [-0.39, 0.29) is 31.4 Å². The van der Waals surface area contributed by atoms with E-state index < -0.39 is 0 Å². The number of carbonyl (C=O) groups excluding carboxylic acids is 2. The minimum Gasteiger partial charge on any atom is -0.355 e. The number of nitrogens with one attached hydrogen (secondary N) is 3. The van der Waals surface area contributed by atoms with Gasteiger partial charge in [0.1, 0.15) is 6.61 Å². The summed E-state index contributed by atoms with van der Waals surface area (Å²) >= 11 is 0. The Hall–Kier alpha value is -1.18. The first-order chi connectivity index (χ1) is 7.20. The Morgan fingerprint density at radius 3 is 2.40 bits per heavy atom. The lowest BCUT2D eigenvalue weighted by Crippen LogP contribution is -2.35. The highest BCUT2D eigenvalue weighted by molar-refractivity contribution is 5.79. The summed E-state index contributed by atoms with van der Waals surface area (Å²) in [6, 6.07) is 0. The van der Waals surface area contributed by atoms with Crippen molar-refractivity contribution < 1.29 is 14.4 Å². The summed E-state index contributed by atoms with van der Waals surface area (Å²) in [6.07, 6.45) is 0.250. The summed E-state index contributed by atoms with van der Waals surface area (Å²) < 4.78 is 0. The van der Waals surface area contributed by atoms with Crippen molar-refractivity contribution in [1.82, 2.24) is 16.0 Å². The van der Waals surface area contributed by atoms with E-state index >= 15 is 0 Å². The second-order valence-corrected chi connectivity index (χ2v) is 2.86. The van der Waals surface area contributed by atoms with Crippen molar-refractivity contribution >= 4 is 11.8 Å². The quantitative estimate of drug-likeness (QED) is 0.271. The SMILES string of the molecule is CNCCNC(=O)CCNC(=O)CON. The zero-order chi connectivity index (χ0) is 11.5. The molecule has 0 aromatic heterocycles. The Labute approximate surface area is 88.7 Å². The molecular formula is C8H18N4O3. The number of amides is 2. The van der Waals surface area contributed by atoms with Gasteiger partial charge in [0.05, 0.1) is 0 Å². The van der Waals surface area contributed by atoms with E-state index in [0.29, 0.717) is 6.54 Å². The summed E-state index contributed by atoms with van der Waals surface area (Å²) in [7, 11) is 1.80. The van der Waals surface area contributed by atoms with Gasteiger partial charge in [-0.3, -0.25) is 14.4 Å². The molecule has 0 saturated heterocycles. The molecule has 0 aromatic carbocycles. The van der Waals surface area contributed by atoms with Gasteiger partial charge >= 0.3 is 0 Å². The molecule has 0 saturated carbocycles. The Balaban J connectivity index is 3.34. The fourth-order valence-electron chi connectivity index (χ4n) is 0.857. The van der Waals surface area contributed by atoms with Crippen LogP contribution in [0.15, 0.2) is 0 Å². The van der Waals surface area contributed by atoms with Gasteiger partial charge in [-0.2, -0.15) is 0 Å². The van der Waals surface area contributed by atoms with Crippen LogP contribution in [0, 0.1) is 0 Å². The molecular weight excluding hydrogens is 200 g/mol. The summed E-state index contributed by atoms with van der Waals surface area (Å²) in [4.78, 5) is 26.1. The largest absolute Gasteiger partial charge is 0.355 e. The molecule has 0 radical (unpaired) electrons. The second kappa shape index (κ2) is 9.38. The number of nitrogens with two attached hydrogens (primary N) is 1. The molecule has 0 fully saturated rings. The van der Waals surface area contributed by atoms with E-state index in [1.54, 1.807) is 7.05 Å². The third-order valence-corrected chi connectivity index (χ3v) is 1.59. The molecule has 0 spiro atoms. The Morgan fingerprint density at radius 1 is 1.13 bits per heavy atom. The molecule has 0 aromatic rings. The lowest BCUT2D eigenvalue weighted by Gasteiger charge is -2.05. The summed E-state index contributed by atoms with van der Waals surface area (Å²) in [5.74, 6) is 4.26. The van der Waals surface area contributed by atoms with E-state index in [4.69, 9.17) is 5.90 Å². The summed E-state index contributed by atoms with van der Waals surface area (Å²) in [5, 5.41) is 8.06. The number of rotatable bonds is 8. The third-order valence-electron chi connectivity index (χ3n) is 1.59. The molecule has 0 rings (SSSR count). The molecule has 7 nitrogen and oxygen atoms in total. The molecule has 0 aliphatic carbocycles. The maximum Gasteiger partial charge on any atom is 0.248 e. The number of hydrogen-bond acceptors (Lipinski definition) is 5. The van der Waals surface area contributed by atoms with Crippen LogP contribution >= 0.6 is 0 Å². The first-order valence-corrected chi connectivity index (χ1v) is 4.70. The fraction of sp³-hybridized carbons (Fsp3) is 0.750. The molecule has 0 aliphatic rings. The number of carbonyl (C=O) groups is 2. The van der Waals surface area contributed by atoms with Gasteiger partial charge < -0.3 is 16.0 Å². The molecule has 0 bridgehead atoms. The van der Waals surface area contributed by atoms with Crippen LogP contribution in [0.5, 0.6) is 0 Å². The third kappa shape index (κ3) is 9.13.